The molecule has 0 unspecified atom stereocenters. The fourth-order valence-corrected chi connectivity index (χ4v) is 5.57. The van der Waals surface area contributed by atoms with E-state index in [2.05, 4.69) is 15.4 Å². The van der Waals surface area contributed by atoms with Crippen molar-refractivity contribution in [1.29, 1.82) is 0 Å². The predicted molar refractivity (Wildman–Crippen MR) is 173 cm³/mol. The molecule has 15 heteroatoms. The van der Waals surface area contributed by atoms with E-state index >= 15 is 0 Å². The molecule has 0 fully saturated rings. The topological polar surface area (TPSA) is 176 Å². The second kappa shape index (κ2) is 18.4. The number of carbonyl (C=O) groups excluding carboxylic acids is 2. The van der Waals surface area contributed by atoms with E-state index < -0.39 is 17.1 Å². The third-order valence-corrected chi connectivity index (χ3v) is 8.05. The summed E-state index contributed by atoms with van der Waals surface area (Å²) in [6, 6.07) is 17.0. The van der Waals surface area contributed by atoms with E-state index in [1.54, 1.807) is 30.3 Å². The van der Waals surface area contributed by atoms with Crippen LogP contribution in [0, 0.1) is 0 Å². The summed E-state index contributed by atoms with van der Waals surface area (Å²) in [6.45, 7) is 2.13. The minimum Gasteiger partial charge on any atom is -0.423 e. The molecular formula is C30H41BN4O9S. The minimum atomic E-state index is -3.72. The molecule has 45 heavy (non-hydrogen) atoms. The smallest absolute Gasteiger partial charge is 0.423 e. The highest BCUT2D eigenvalue weighted by Gasteiger charge is 2.18. The Morgan fingerprint density at radius 3 is 2.07 bits per heavy atom. The minimum absolute atomic E-state index is 0.000507. The van der Waals surface area contributed by atoms with Crippen LogP contribution in [0.1, 0.15) is 12.8 Å². The molecule has 13 nitrogen and oxygen atoms in total. The number of rotatable bonds is 20. The number of fused-ring (bicyclic) bond motifs is 1. The van der Waals surface area contributed by atoms with E-state index in [-0.39, 0.29) is 61.3 Å². The molecule has 3 rings (SSSR count). The van der Waals surface area contributed by atoms with Gasteiger partial charge in [0.15, 0.2) is 0 Å². The van der Waals surface area contributed by atoms with Gasteiger partial charge >= 0.3 is 7.12 Å². The van der Waals surface area contributed by atoms with Gasteiger partial charge in [-0.3, -0.25) is 9.59 Å². The van der Waals surface area contributed by atoms with E-state index in [4.69, 9.17) is 14.2 Å². The maximum atomic E-state index is 12.9. The molecule has 0 aliphatic carbocycles. The summed E-state index contributed by atoms with van der Waals surface area (Å²) in [5.41, 5.74) is 1.60. The number of hydrogen-bond donors (Lipinski definition) is 5. The number of hydrogen-bond acceptors (Lipinski definition) is 10. The lowest BCUT2D eigenvalue weighted by Gasteiger charge is -2.17. The summed E-state index contributed by atoms with van der Waals surface area (Å²) >= 11 is 0. The second-order valence-electron chi connectivity index (χ2n) is 10.2. The van der Waals surface area contributed by atoms with Crippen molar-refractivity contribution in [1.82, 2.24) is 10.0 Å². The molecule has 0 radical (unpaired) electrons. The van der Waals surface area contributed by atoms with E-state index in [1.807, 2.05) is 37.2 Å². The number of sulfonamides is 1. The summed E-state index contributed by atoms with van der Waals surface area (Å²) in [4.78, 5) is 26.2. The molecule has 0 bridgehead atoms. The van der Waals surface area contributed by atoms with Crippen LogP contribution in [-0.2, 0) is 33.8 Å². The SMILES string of the molecule is CN(C)c1cccc2c(S(=O)(=O)NCCOCCOCCOCCNC(=O)CCC(=O)Nc3cccc(B(O)O)c3)cccc12. The first-order valence-corrected chi connectivity index (χ1v) is 16.0. The van der Waals surface area contributed by atoms with Gasteiger partial charge in [-0.1, -0.05) is 36.4 Å². The zero-order valence-electron chi connectivity index (χ0n) is 25.5. The summed E-state index contributed by atoms with van der Waals surface area (Å²) in [5, 5.41) is 25.2. The van der Waals surface area contributed by atoms with Gasteiger partial charge in [0, 0.05) is 62.2 Å². The molecule has 3 aromatic carbocycles. The fraction of sp³-hybridized carbons (Fsp3) is 0.400. The average Bonchev–Trinajstić information content (AvgIpc) is 3.01. The van der Waals surface area contributed by atoms with Crippen LogP contribution in [0.25, 0.3) is 10.8 Å². The van der Waals surface area contributed by atoms with Gasteiger partial charge in [-0.2, -0.15) is 0 Å². The van der Waals surface area contributed by atoms with Crippen LogP contribution in [0.2, 0.25) is 0 Å². The van der Waals surface area contributed by atoms with Crippen molar-refractivity contribution in [3.8, 4) is 0 Å². The zero-order valence-corrected chi connectivity index (χ0v) is 26.3. The lowest BCUT2D eigenvalue weighted by atomic mass is 9.80. The standard InChI is InChI=1S/C30H41BN4O9S/c1-35(2)27-10-4-9-26-25(27)8-5-11-28(26)45(40,41)33-15-17-43-19-21-44-20-18-42-16-14-32-29(36)12-13-30(37)34-24-7-3-6-23(22-24)31(38)39/h3-11,22,33,38-39H,12-21H2,1-2H3,(H,32,36)(H,34,37). The number of anilines is 2. The number of nitrogens with one attached hydrogen (secondary N) is 3. The molecule has 0 spiro atoms. The monoisotopic (exact) mass is 644 g/mol. The van der Waals surface area contributed by atoms with Gasteiger partial charge in [0.25, 0.3) is 0 Å². The van der Waals surface area contributed by atoms with Gasteiger partial charge in [0.1, 0.15) is 0 Å². The van der Waals surface area contributed by atoms with Crippen LogP contribution in [0.3, 0.4) is 0 Å². The van der Waals surface area contributed by atoms with Crippen molar-refractivity contribution in [3.63, 3.8) is 0 Å². The number of ether oxygens (including phenoxy) is 3. The Morgan fingerprint density at radius 2 is 1.38 bits per heavy atom. The van der Waals surface area contributed by atoms with Crippen molar-refractivity contribution in [3.05, 3.63) is 60.7 Å². The van der Waals surface area contributed by atoms with Gasteiger partial charge in [0.05, 0.1) is 44.5 Å². The number of amides is 2. The summed E-state index contributed by atoms with van der Waals surface area (Å²) in [7, 11) is -1.53. The largest absolute Gasteiger partial charge is 0.488 e. The maximum Gasteiger partial charge on any atom is 0.488 e. The predicted octanol–water partition coefficient (Wildman–Crippen LogP) is 0.449. The van der Waals surface area contributed by atoms with Crippen molar-refractivity contribution in [2.75, 3.05) is 77.0 Å². The molecule has 0 saturated carbocycles. The molecule has 0 atom stereocenters. The molecule has 0 aliphatic heterocycles. The van der Waals surface area contributed by atoms with Crippen LogP contribution in [-0.4, -0.2) is 104 Å². The van der Waals surface area contributed by atoms with Crippen molar-refractivity contribution < 1.29 is 42.3 Å². The first-order chi connectivity index (χ1) is 21.6. The molecule has 2 amide bonds. The Hall–Kier alpha value is -3.57. The summed E-state index contributed by atoms with van der Waals surface area (Å²) in [6.07, 6.45) is -0.0259. The van der Waals surface area contributed by atoms with Crippen LogP contribution >= 0.6 is 0 Å². The molecule has 0 heterocycles. The molecule has 0 aliphatic rings. The Bertz CT molecular complexity index is 1510. The first kappa shape index (κ1) is 35.9. The molecule has 5 N–H and O–H groups in total. The van der Waals surface area contributed by atoms with E-state index in [0.717, 1.165) is 11.1 Å². The second-order valence-corrected chi connectivity index (χ2v) is 11.9. The average molecular weight is 645 g/mol. The molecule has 0 aromatic heterocycles. The van der Waals surface area contributed by atoms with Gasteiger partial charge in [-0.05, 0) is 29.7 Å². The number of carbonyl (C=O) groups is 2. The molecule has 3 aromatic rings. The van der Waals surface area contributed by atoms with E-state index in [1.165, 1.54) is 12.1 Å². The summed E-state index contributed by atoms with van der Waals surface area (Å²) in [5.74, 6) is -0.660. The van der Waals surface area contributed by atoms with Crippen molar-refractivity contribution >= 4 is 56.6 Å². The van der Waals surface area contributed by atoms with Gasteiger partial charge in [0.2, 0.25) is 21.8 Å². The quantitative estimate of drug-likeness (QED) is 0.0858. The van der Waals surface area contributed by atoms with Gasteiger partial charge < -0.3 is 39.8 Å². The fourth-order valence-electron chi connectivity index (χ4n) is 4.34. The third-order valence-electron chi connectivity index (χ3n) is 6.53. The maximum absolute atomic E-state index is 12.9. The lowest BCUT2D eigenvalue weighted by Crippen LogP contribution is -2.30. The summed E-state index contributed by atoms with van der Waals surface area (Å²) < 4.78 is 44.8. The molecular weight excluding hydrogens is 603 g/mol. The van der Waals surface area contributed by atoms with E-state index in [0.29, 0.717) is 37.5 Å². The molecule has 0 saturated heterocycles. The van der Waals surface area contributed by atoms with Crippen LogP contribution < -0.4 is 25.7 Å². The highest BCUT2D eigenvalue weighted by atomic mass is 32.2. The first-order valence-electron chi connectivity index (χ1n) is 14.5. The number of benzene rings is 3. The lowest BCUT2D eigenvalue weighted by molar-refractivity contribution is -0.124. The van der Waals surface area contributed by atoms with Crippen LogP contribution in [0.15, 0.2) is 65.6 Å². The highest BCUT2D eigenvalue weighted by molar-refractivity contribution is 7.89. The van der Waals surface area contributed by atoms with Gasteiger partial charge in [-0.25, -0.2) is 13.1 Å². The Kier molecular flexibility index (Phi) is 14.7. The normalized spacial score (nSPS) is 11.4. The van der Waals surface area contributed by atoms with Crippen molar-refractivity contribution in [2.24, 2.45) is 0 Å². The number of nitrogens with zero attached hydrogens (tertiary/aromatic N) is 1. The van der Waals surface area contributed by atoms with Gasteiger partial charge in [-0.15, -0.1) is 0 Å². The van der Waals surface area contributed by atoms with Crippen LogP contribution in [0.4, 0.5) is 11.4 Å². The third kappa shape index (κ3) is 12.0. The Labute approximate surface area is 264 Å². The van der Waals surface area contributed by atoms with Crippen molar-refractivity contribution in [2.45, 2.75) is 17.7 Å². The van der Waals surface area contributed by atoms with E-state index in [9.17, 15) is 28.1 Å². The highest BCUT2D eigenvalue weighted by Crippen LogP contribution is 2.30. The zero-order chi connectivity index (χ0) is 32.7. The Morgan fingerprint density at radius 1 is 0.778 bits per heavy atom. The van der Waals surface area contributed by atoms with Crippen LogP contribution in [0.5, 0.6) is 0 Å². The Balaban J connectivity index is 1.18. The molecule has 244 valence electrons.